The Kier molecular flexibility index (Phi) is 2.36. The molecule has 16 heavy (non-hydrogen) atoms. The third-order valence-electron chi connectivity index (χ3n) is 2.30. The molecule has 0 saturated heterocycles. The maximum absolute atomic E-state index is 11.9. The first kappa shape index (κ1) is 10.2. The second kappa shape index (κ2) is 3.69. The molecule has 0 atom stereocenters. The quantitative estimate of drug-likeness (QED) is 0.574. The summed E-state index contributed by atoms with van der Waals surface area (Å²) in [6.45, 7) is 0. The van der Waals surface area contributed by atoms with Crippen LogP contribution in [0.15, 0.2) is 35.3 Å². The molecule has 5 heteroatoms. The zero-order valence-corrected chi connectivity index (χ0v) is 8.51. The summed E-state index contributed by atoms with van der Waals surface area (Å²) >= 11 is 0. The van der Waals surface area contributed by atoms with Gasteiger partial charge in [0.05, 0.1) is 18.8 Å². The number of methoxy groups -OCH3 is 1. The van der Waals surface area contributed by atoms with Crippen LogP contribution in [0.5, 0.6) is 0 Å². The van der Waals surface area contributed by atoms with Gasteiger partial charge < -0.3 is 9.94 Å². The minimum Gasteiger partial charge on any atom is -0.465 e. The van der Waals surface area contributed by atoms with E-state index < -0.39 is 11.4 Å². The number of carbonyl (C=O) groups excluding carboxylic acids is 1. The third-order valence-corrected chi connectivity index (χ3v) is 2.30. The Hall–Kier alpha value is -2.30. The van der Waals surface area contributed by atoms with E-state index in [0.29, 0.717) is 5.52 Å². The average molecular weight is 219 g/mol. The summed E-state index contributed by atoms with van der Waals surface area (Å²) in [6, 6.07) is 6.46. The molecule has 1 aromatic heterocycles. The number of rotatable bonds is 1. The Labute approximate surface area is 90.5 Å². The van der Waals surface area contributed by atoms with E-state index in [1.807, 2.05) is 0 Å². The van der Waals surface area contributed by atoms with Gasteiger partial charge in [-0.1, -0.05) is 12.1 Å². The zero-order chi connectivity index (χ0) is 11.7. The normalized spacial score (nSPS) is 10.3. The highest BCUT2D eigenvalue weighted by atomic mass is 16.5. The second-order valence-corrected chi connectivity index (χ2v) is 3.23. The van der Waals surface area contributed by atoms with Gasteiger partial charge in [0.1, 0.15) is 5.56 Å². The molecule has 2 rings (SSSR count). The van der Waals surface area contributed by atoms with Crippen molar-refractivity contribution >= 4 is 16.9 Å². The van der Waals surface area contributed by atoms with E-state index in [1.54, 1.807) is 18.2 Å². The molecule has 1 N–H and O–H groups in total. The molecule has 0 aliphatic rings. The number of hydrogen-bond acceptors (Lipinski definition) is 4. The van der Waals surface area contributed by atoms with Gasteiger partial charge in [0.2, 0.25) is 5.43 Å². The van der Waals surface area contributed by atoms with Gasteiger partial charge in [0.15, 0.2) is 0 Å². The maximum atomic E-state index is 11.9. The highest BCUT2D eigenvalue weighted by Crippen LogP contribution is 2.10. The first-order chi connectivity index (χ1) is 7.65. The van der Waals surface area contributed by atoms with E-state index in [1.165, 1.54) is 13.2 Å². The predicted molar refractivity (Wildman–Crippen MR) is 56.7 cm³/mol. The van der Waals surface area contributed by atoms with Crippen LogP contribution in [0.2, 0.25) is 0 Å². The number of hydrogen-bond donors (Lipinski definition) is 1. The van der Waals surface area contributed by atoms with E-state index in [2.05, 4.69) is 4.74 Å². The van der Waals surface area contributed by atoms with Crippen molar-refractivity contribution in [2.24, 2.45) is 0 Å². The molecule has 1 heterocycles. The van der Waals surface area contributed by atoms with Crippen LogP contribution in [0, 0.1) is 0 Å². The van der Waals surface area contributed by atoms with Gasteiger partial charge in [0, 0.05) is 5.39 Å². The molecular formula is C11H9NO4. The van der Waals surface area contributed by atoms with Crippen molar-refractivity contribution in [3.8, 4) is 0 Å². The van der Waals surface area contributed by atoms with Gasteiger partial charge in [-0.25, -0.2) is 4.79 Å². The number of para-hydroxylation sites is 1. The lowest BCUT2D eigenvalue weighted by molar-refractivity contribution is 0.0595. The van der Waals surface area contributed by atoms with Crippen LogP contribution in [0.3, 0.4) is 0 Å². The van der Waals surface area contributed by atoms with Crippen molar-refractivity contribution < 1.29 is 14.7 Å². The molecule has 0 aliphatic carbocycles. The molecule has 0 fully saturated rings. The predicted octanol–water partition coefficient (Wildman–Crippen LogP) is 1.03. The van der Waals surface area contributed by atoms with Crippen LogP contribution in [-0.2, 0) is 4.74 Å². The summed E-state index contributed by atoms with van der Waals surface area (Å²) in [5.41, 5.74) is -0.295. The van der Waals surface area contributed by atoms with Gasteiger partial charge in [-0.05, 0) is 12.1 Å². The van der Waals surface area contributed by atoms with E-state index in [0.717, 1.165) is 10.9 Å². The third kappa shape index (κ3) is 1.42. The van der Waals surface area contributed by atoms with Crippen LogP contribution < -0.4 is 5.43 Å². The van der Waals surface area contributed by atoms with Crippen LogP contribution in [0.1, 0.15) is 10.4 Å². The number of aromatic nitrogens is 1. The van der Waals surface area contributed by atoms with Gasteiger partial charge >= 0.3 is 5.97 Å². The SMILES string of the molecule is COC(=O)c1cn(O)c2ccccc2c1=O. The molecule has 2 aromatic rings. The standard InChI is InChI=1S/C11H9NO4/c1-16-11(14)8-6-12(15)9-5-3-2-4-7(9)10(8)13/h2-6,15H,1H3. The molecular weight excluding hydrogens is 210 g/mol. The molecule has 0 aliphatic heterocycles. The molecule has 0 saturated carbocycles. The Morgan fingerprint density at radius 2 is 2.06 bits per heavy atom. The largest absolute Gasteiger partial charge is 0.465 e. The molecule has 1 aromatic carbocycles. The minimum absolute atomic E-state index is 0.191. The summed E-state index contributed by atoms with van der Waals surface area (Å²) in [7, 11) is 1.18. The maximum Gasteiger partial charge on any atom is 0.343 e. The molecule has 82 valence electrons. The number of nitrogens with zero attached hydrogens (tertiary/aromatic N) is 1. The van der Waals surface area contributed by atoms with Crippen LogP contribution in [0.4, 0.5) is 0 Å². The van der Waals surface area contributed by atoms with Gasteiger partial charge in [-0.15, -0.1) is 0 Å². The minimum atomic E-state index is -0.765. The van der Waals surface area contributed by atoms with Gasteiger partial charge in [0.25, 0.3) is 0 Å². The molecule has 0 amide bonds. The highest BCUT2D eigenvalue weighted by molar-refractivity contribution is 5.93. The average Bonchev–Trinajstić information content (AvgIpc) is 2.33. The number of pyridine rings is 1. The van der Waals surface area contributed by atoms with Crippen LogP contribution in [-0.4, -0.2) is 23.0 Å². The van der Waals surface area contributed by atoms with E-state index in [-0.39, 0.29) is 10.9 Å². The number of carbonyl (C=O) groups is 1. The molecule has 0 unspecified atom stereocenters. The molecule has 5 nitrogen and oxygen atoms in total. The topological polar surface area (TPSA) is 68.5 Å². The first-order valence-electron chi connectivity index (χ1n) is 4.57. The Morgan fingerprint density at radius 3 is 2.75 bits per heavy atom. The number of benzene rings is 1. The smallest absolute Gasteiger partial charge is 0.343 e. The fourth-order valence-corrected chi connectivity index (χ4v) is 1.52. The summed E-state index contributed by atoms with van der Waals surface area (Å²) in [5.74, 6) is -0.765. The van der Waals surface area contributed by atoms with Crippen LogP contribution >= 0.6 is 0 Å². The van der Waals surface area contributed by atoms with E-state index in [4.69, 9.17) is 0 Å². The zero-order valence-electron chi connectivity index (χ0n) is 8.51. The number of esters is 1. The lowest BCUT2D eigenvalue weighted by atomic mass is 10.1. The van der Waals surface area contributed by atoms with Gasteiger partial charge in [-0.3, -0.25) is 4.79 Å². The monoisotopic (exact) mass is 219 g/mol. The summed E-state index contributed by atoms with van der Waals surface area (Å²) in [5, 5.41) is 9.86. The van der Waals surface area contributed by atoms with Gasteiger partial charge in [-0.2, -0.15) is 4.73 Å². The van der Waals surface area contributed by atoms with Crippen LogP contribution in [0.25, 0.3) is 10.9 Å². The molecule has 0 bridgehead atoms. The van der Waals surface area contributed by atoms with E-state index >= 15 is 0 Å². The van der Waals surface area contributed by atoms with Crippen molar-refractivity contribution in [1.82, 2.24) is 4.73 Å². The summed E-state index contributed by atoms with van der Waals surface area (Å²) in [6.07, 6.45) is 1.05. The summed E-state index contributed by atoms with van der Waals surface area (Å²) in [4.78, 5) is 23.1. The molecule has 0 radical (unpaired) electrons. The first-order valence-corrected chi connectivity index (χ1v) is 4.57. The fourth-order valence-electron chi connectivity index (χ4n) is 1.52. The summed E-state index contributed by atoms with van der Waals surface area (Å²) < 4.78 is 5.20. The Morgan fingerprint density at radius 1 is 1.38 bits per heavy atom. The van der Waals surface area contributed by atoms with Crippen molar-refractivity contribution in [2.75, 3.05) is 7.11 Å². The Balaban J connectivity index is 2.86. The van der Waals surface area contributed by atoms with E-state index in [9.17, 15) is 14.8 Å². The number of ether oxygens (including phenoxy) is 1. The van der Waals surface area contributed by atoms with Crippen molar-refractivity contribution in [2.45, 2.75) is 0 Å². The lowest BCUT2D eigenvalue weighted by Gasteiger charge is -2.05. The second-order valence-electron chi connectivity index (χ2n) is 3.23. The molecule has 0 spiro atoms. The van der Waals surface area contributed by atoms with Crippen molar-refractivity contribution in [3.63, 3.8) is 0 Å². The van der Waals surface area contributed by atoms with Crippen molar-refractivity contribution in [3.05, 3.63) is 46.2 Å². The highest BCUT2D eigenvalue weighted by Gasteiger charge is 2.14. The number of fused-ring (bicyclic) bond motifs is 1. The Bertz CT molecular complexity index is 615. The lowest BCUT2D eigenvalue weighted by Crippen LogP contribution is -2.19. The fraction of sp³-hybridized carbons (Fsp3) is 0.0909. The van der Waals surface area contributed by atoms with Crippen molar-refractivity contribution in [1.29, 1.82) is 0 Å².